The second-order valence-electron chi connectivity index (χ2n) is 3.61. The molecular formula is C13H10Cl2N2O. The highest BCUT2D eigenvalue weighted by molar-refractivity contribution is 6.34. The molecule has 0 fully saturated rings. The zero-order valence-electron chi connectivity index (χ0n) is 9.36. The van der Waals surface area contributed by atoms with Gasteiger partial charge in [0.15, 0.2) is 0 Å². The van der Waals surface area contributed by atoms with Gasteiger partial charge in [0.05, 0.1) is 34.0 Å². The number of alkyl halides is 1. The fraction of sp³-hybridized carbons (Fsp3) is 0.0769. The predicted octanol–water partition coefficient (Wildman–Crippen LogP) is 3.73. The molecule has 5 heteroatoms. The average molecular weight is 281 g/mol. The molecule has 0 saturated carbocycles. The molecule has 0 atom stereocenters. The van der Waals surface area contributed by atoms with Crippen molar-refractivity contribution in [3.63, 3.8) is 0 Å². The summed E-state index contributed by atoms with van der Waals surface area (Å²) in [4.78, 5) is 16.0. The molecule has 1 heterocycles. The number of pyridine rings is 1. The van der Waals surface area contributed by atoms with Gasteiger partial charge in [0.25, 0.3) is 5.91 Å². The van der Waals surface area contributed by atoms with Gasteiger partial charge in [0, 0.05) is 0 Å². The Labute approximate surface area is 115 Å². The number of nitrogens with one attached hydrogen (secondary N) is 1. The summed E-state index contributed by atoms with van der Waals surface area (Å²) in [7, 11) is 0. The fourth-order valence-corrected chi connectivity index (χ4v) is 1.80. The van der Waals surface area contributed by atoms with Crippen LogP contribution in [0.4, 0.5) is 5.69 Å². The van der Waals surface area contributed by atoms with Crippen LogP contribution in [0.25, 0.3) is 0 Å². The van der Waals surface area contributed by atoms with Crippen molar-refractivity contribution in [3.8, 4) is 0 Å². The quantitative estimate of drug-likeness (QED) is 0.871. The van der Waals surface area contributed by atoms with Crippen LogP contribution in [0.1, 0.15) is 16.1 Å². The van der Waals surface area contributed by atoms with E-state index in [9.17, 15) is 4.79 Å². The first-order valence-corrected chi connectivity index (χ1v) is 6.18. The number of amides is 1. The van der Waals surface area contributed by atoms with Crippen molar-refractivity contribution in [1.82, 2.24) is 4.98 Å². The van der Waals surface area contributed by atoms with E-state index in [-0.39, 0.29) is 5.91 Å². The molecule has 0 aliphatic rings. The zero-order valence-corrected chi connectivity index (χ0v) is 10.9. The van der Waals surface area contributed by atoms with Gasteiger partial charge in [-0.25, -0.2) is 0 Å². The van der Waals surface area contributed by atoms with Crippen LogP contribution in [0.3, 0.4) is 0 Å². The molecule has 0 radical (unpaired) electrons. The Morgan fingerprint density at radius 3 is 2.61 bits per heavy atom. The highest BCUT2D eigenvalue weighted by Gasteiger charge is 2.09. The maximum absolute atomic E-state index is 11.9. The molecule has 18 heavy (non-hydrogen) atoms. The number of benzene rings is 1. The Morgan fingerprint density at radius 2 is 2.00 bits per heavy atom. The third-order valence-corrected chi connectivity index (χ3v) is 2.94. The van der Waals surface area contributed by atoms with E-state index in [2.05, 4.69) is 10.3 Å². The van der Waals surface area contributed by atoms with Crippen LogP contribution in [0.5, 0.6) is 0 Å². The Hall–Kier alpha value is -1.58. The Kier molecular flexibility index (Phi) is 4.18. The molecule has 0 aliphatic heterocycles. The number of rotatable bonds is 3. The lowest BCUT2D eigenvalue weighted by atomic mass is 10.2. The molecule has 0 saturated heterocycles. The lowest BCUT2D eigenvalue weighted by Gasteiger charge is -2.06. The van der Waals surface area contributed by atoms with E-state index in [1.165, 1.54) is 0 Å². The van der Waals surface area contributed by atoms with E-state index in [0.29, 0.717) is 22.2 Å². The van der Waals surface area contributed by atoms with Crippen LogP contribution in [0.2, 0.25) is 5.02 Å². The number of hydrogen-bond donors (Lipinski definition) is 1. The molecule has 92 valence electrons. The number of nitrogens with zero attached hydrogens (tertiary/aromatic N) is 1. The summed E-state index contributed by atoms with van der Waals surface area (Å²) in [5, 5.41) is 3.14. The van der Waals surface area contributed by atoms with Gasteiger partial charge in [-0.15, -0.1) is 11.6 Å². The first-order valence-electron chi connectivity index (χ1n) is 5.27. The van der Waals surface area contributed by atoms with E-state index in [1.54, 1.807) is 42.6 Å². The molecule has 3 nitrogen and oxygen atoms in total. The maximum atomic E-state index is 11.9. The lowest BCUT2D eigenvalue weighted by Crippen LogP contribution is -2.12. The monoisotopic (exact) mass is 280 g/mol. The largest absolute Gasteiger partial charge is 0.321 e. The minimum absolute atomic E-state index is 0.263. The molecule has 0 aliphatic carbocycles. The molecule has 0 unspecified atom stereocenters. The first-order chi connectivity index (χ1) is 8.70. The minimum atomic E-state index is -0.263. The van der Waals surface area contributed by atoms with Crippen molar-refractivity contribution in [2.45, 2.75) is 5.88 Å². The summed E-state index contributed by atoms with van der Waals surface area (Å²) < 4.78 is 0. The summed E-state index contributed by atoms with van der Waals surface area (Å²) >= 11 is 11.6. The third-order valence-electron chi connectivity index (χ3n) is 2.34. The smallest absolute Gasteiger partial charge is 0.257 e. The third kappa shape index (κ3) is 3.00. The van der Waals surface area contributed by atoms with E-state index < -0.39 is 0 Å². The van der Waals surface area contributed by atoms with Gasteiger partial charge in [-0.3, -0.25) is 9.78 Å². The van der Waals surface area contributed by atoms with Crippen LogP contribution in [-0.4, -0.2) is 10.9 Å². The second-order valence-corrected chi connectivity index (χ2v) is 4.28. The number of carbonyl (C=O) groups is 1. The van der Waals surface area contributed by atoms with Crippen LogP contribution in [0, 0.1) is 0 Å². The van der Waals surface area contributed by atoms with Crippen molar-refractivity contribution < 1.29 is 4.79 Å². The average Bonchev–Trinajstić information content (AvgIpc) is 2.40. The van der Waals surface area contributed by atoms with Gasteiger partial charge in [0.2, 0.25) is 0 Å². The van der Waals surface area contributed by atoms with Crippen molar-refractivity contribution >= 4 is 34.8 Å². The van der Waals surface area contributed by atoms with Gasteiger partial charge in [-0.2, -0.15) is 0 Å². The summed E-state index contributed by atoms with van der Waals surface area (Å²) in [6, 6.07) is 10.4. The maximum Gasteiger partial charge on any atom is 0.257 e. The van der Waals surface area contributed by atoms with Crippen LogP contribution in [0.15, 0.2) is 42.6 Å². The topological polar surface area (TPSA) is 42.0 Å². The predicted molar refractivity (Wildman–Crippen MR) is 73.2 cm³/mol. The number of aromatic nitrogens is 1. The van der Waals surface area contributed by atoms with Gasteiger partial charge >= 0.3 is 0 Å². The highest BCUT2D eigenvalue weighted by atomic mass is 35.5. The number of anilines is 1. The highest BCUT2D eigenvalue weighted by Crippen LogP contribution is 2.17. The molecule has 2 rings (SSSR count). The number of carbonyl (C=O) groups excluding carboxylic acids is 1. The molecule has 1 aromatic heterocycles. The molecule has 1 aromatic carbocycles. The van der Waals surface area contributed by atoms with Crippen molar-refractivity contribution in [1.29, 1.82) is 0 Å². The van der Waals surface area contributed by atoms with Crippen LogP contribution in [-0.2, 0) is 5.88 Å². The first kappa shape index (κ1) is 12.9. The molecular weight excluding hydrogens is 271 g/mol. The van der Waals surface area contributed by atoms with Gasteiger partial charge in [0.1, 0.15) is 0 Å². The lowest BCUT2D eigenvalue weighted by molar-refractivity contribution is 0.102. The summed E-state index contributed by atoms with van der Waals surface area (Å²) in [5.41, 5.74) is 1.79. The summed E-state index contributed by atoms with van der Waals surface area (Å²) in [6.07, 6.45) is 1.56. The molecule has 0 spiro atoms. The van der Waals surface area contributed by atoms with Gasteiger partial charge in [-0.05, 0) is 24.3 Å². The molecule has 0 bridgehead atoms. The Morgan fingerprint density at radius 1 is 1.22 bits per heavy atom. The Balaban J connectivity index is 2.14. The molecule has 2 aromatic rings. The van der Waals surface area contributed by atoms with Crippen molar-refractivity contribution in [2.24, 2.45) is 0 Å². The van der Waals surface area contributed by atoms with E-state index in [4.69, 9.17) is 23.2 Å². The Bertz CT molecular complexity index is 555. The molecule has 1 N–H and O–H groups in total. The van der Waals surface area contributed by atoms with Crippen LogP contribution < -0.4 is 5.32 Å². The van der Waals surface area contributed by atoms with E-state index >= 15 is 0 Å². The molecule has 1 amide bonds. The van der Waals surface area contributed by atoms with Crippen LogP contribution >= 0.6 is 23.2 Å². The number of halogens is 2. The van der Waals surface area contributed by atoms with E-state index in [0.717, 1.165) is 5.69 Å². The number of hydrogen-bond acceptors (Lipinski definition) is 2. The van der Waals surface area contributed by atoms with Gasteiger partial charge in [-0.1, -0.05) is 23.7 Å². The summed E-state index contributed by atoms with van der Waals surface area (Å²) in [5.74, 6) is 0.0830. The SMILES string of the molecule is O=C(Nc1ccc(CCl)nc1)c1ccccc1Cl. The fourth-order valence-electron chi connectivity index (χ4n) is 1.42. The standard InChI is InChI=1S/C13H10Cl2N2O/c14-7-9-5-6-10(8-16-9)17-13(18)11-3-1-2-4-12(11)15/h1-6,8H,7H2,(H,17,18). The van der Waals surface area contributed by atoms with Crippen molar-refractivity contribution in [2.75, 3.05) is 5.32 Å². The second kappa shape index (κ2) is 5.85. The van der Waals surface area contributed by atoms with Crippen molar-refractivity contribution in [3.05, 3.63) is 58.9 Å². The van der Waals surface area contributed by atoms with Gasteiger partial charge < -0.3 is 5.32 Å². The van der Waals surface area contributed by atoms with E-state index in [1.807, 2.05) is 0 Å². The summed E-state index contributed by atoms with van der Waals surface area (Å²) in [6.45, 7) is 0. The normalized spacial score (nSPS) is 10.1. The minimum Gasteiger partial charge on any atom is -0.321 e. The zero-order chi connectivity index (χ0) is 13.0.